The summed E-state index contributed by atoms with van der Waals surface area (Å²) in [5.41, 5.74) is 4.50. The van der Waals surface area contributed by atoms with Gasteiger partial charge in [0.2, 0.25) is 0 Å². The van der Waals surface area contributed by atoms with E-state index in [1.165, 1.54) is 0 Å². The van der Waals surface area contributed by atoms with Gasteiger partial charge in [0.15, 0.2) is 0 Å². The van der Waals surface area contributed by atoms with Crippen LogP contribution >= 0.6 is 0 Å². The van der Waals surface area contributed by atoms with Crippen LogP contribution in [0, 0.1) is 6.92 Å². The standard InChI is InChI=1S/C20H21N7O/c1-13-10-25(6-5-21-13)15-3-4-19-23-17(8-20(28)26(19)12-15)18-7-16-9-22-14(2)11-27(16)24-18/h3-4,7-9,11-13,21H,5-6,10H2,1-2H3/t13-/m1/s1. The molecule has 28 heavy (non-hydrogen) atoms. The molecule has 1 aliphatic rings. The van der Waals surface area contributed by atoms with Crippen molar-refractivity contribution in [1.82, 2.24) is 29.3 Å². The zero-order valence-electron chi connectivity index (χ0n) is 15.8. The van der Waals surface area contributed by atoms with Gasteiger partial charge in [0.25, 0.3) is 5.56 Å². The highest BCUT2D eigenvalue weighted by molar-refractivity contribution is 5.64. The normalized spacial score (nSPS) is 17.5. The van der Waals surface area contributed by atoms with Crippen LogP contribution in [0.15, 0.2) is 47.7 Å². The van der Waals surface area contributed by atoms with Crippen LogP contribution in [-0.2, 0) is 0 Å². The summed E-state index contributed by atoms with van der Waals surface area (Å²) >= 11 is 0. The summed E-state index contributed by atoms with van der Waals surface area (Å²) in [4.78, 5) is 24.0. The molecule has 5 heterocycles. The molecule has 0 aromatic carbocycles. The van der Waals surface area contributed by atoms with Gasteiger partial charge in [-0.3, -0.25) is 14.2 Å². The molecule has 0 unspecified atom stereocenters. The van der Waals surface area contributed by atoms with Gasteiger partial charge in [0, 0.05) is 37.9 Å². The van der Waals surface area contributed by atoms with Gasteiger partial charge in [-0.2, -0.15) is 5.10 Å². The summed E-state index contributed by atoms with van der Waals surface area (Å²) < 4.78 is 3.36. The highest BCUT2D eigenvalue weighted by Gasteiger charge is 2.17. The lowest BCUT2D eigenvalue weighted by atomic mass is 10.2. The summed E-state index contributed by atoms with van der Waals surface area (Å²) in [6.07, 6.45) is 5.50. The molecule has 0 bridgehead atoms. The van der Waals surface area contributed by atoms with Crippen LogP contribution in [0.5, 0.6) is 0 Å². The van der Waals surface area contributed by atoms with Crippen LogP contribution in [0.3, 0.4) is 0 Å². The lowest BCUT2D eigenvalue weighted by Crippen LogP contribution is -2.49. The van der Waals surface area contributed by atoms with Crippen LogP contribution in [0.4, 0.5) is 5.69 Å². The number of anilines is 1. The van der Waals surface area contributed by atoms with E-state index in [1.54, 1.807) is 21.2 Å². The number of pyridine rings is 1. The van der Waals surface area contributed by atoms with Gasteiger partial charge in [-0.05, 0) is 32.0 Å². The van der Waals surface area contributed by atoms with E-state index >= 15 is 0 Å². The van der Waals surface area contributed by atoms with E-state index in [2.05, 4.69) is 32.2 Å². The van der Waals surface area contributed by atoms with Crippen molar-refractivity contribution >= 4 is 16.9 Å². The molecular weight excluding hydrogens is 354 g/mol. The molecule has 0 spiro atoms. The van der Waals surface area contributed by atoms with E-state index in [4.69, 9.17) is 0 Å². The fourth-order valence-corrected chi connectivity index (χ4v) is 3.69. The Morgan fingerprint density at radius 3 is 2.93 bits per heavy atom. The fraction of sp³-hybridized carbons (Fsp3) is 0.300. The number of nitrogens with zero attached hydrogens (tertiary/aromatic N) is 6. The quantitative estimate of drug-likeness (QED) is 0.572. The maximum Gasteiger partial charge on any atom is 0.258 e. The number of aryl methyl sites for hydroxylation is 1. The van der Waals surface area contributed by atoms with Crippen molar-refractivity contribution in [2.45, 2.75) is 19.9 Å². The SMILES string of the molecule is Cc1cn2nc(-c3cc(=O)n4cc(N5CCN[C@H](C)C5)ccc4n3)cc2cn1. The molecule has 4 aromatic rings. The Morgan fingerprint density at radius 2 is 2.07 bits per heavy atom. The van der Waals surface area contributed by atoms with E-state index in [1.807, 2.05) is 37.5 Å². The van der Waals surface area contributed by atoms with Crippen LogP contribution in [-0.4, -0.2) is 49.7 Å². The molecule has 5 rings (SSSR count). The van der Waals surface area contributed by atoms with Crippen molar-refractivity contribution in [1.29, 1.82) is 0 Å². The van der Waals surface area contributed by atoms with Crippen molar-refractivity contribution in [3.8, 4) is 11.4 Å². The van der Waals surface area contributed by atoms with Crippen LogP contribution in [0.25, 0.3) is 22.6 Å². The number of piperazine rings is 1. The number of nitrogens with one attached hydrogen (secondary N) is 1. The predicted octanol–water partition coefficient (Wildman–Crippen LogP) is 1.51. The summed E-state index contributed by atoms with van der Waals surface area (Å²) in [5.74, 6) is 0. The molecule has 1 atom stereocenters. The molecule has 1 aliphatic heterocycles. The maximum atomic E-state index is 12.8. The third-order valence-corrected chi connectivity index (χ3v) is 5.11. The number of hydrogen-bond acceptors (Lipinski definition) is 6. The minimum absolute atomic E-state index is 0.114. The lowest BCUT2D eigenvalue weighted by molar-refractivity contribution is 0.484. The van der Waals surface area contributed by atoms with Crippen molar-refractivity contribution in [2.24, 2.45) is 0 Å². The van der Waals surface area contributed by atoms with Crippen molar-refractivity contribution in [3.63, 3.8) is 0 Å². The van der Waals surface area contributed by atoms with Crippen LogP contribution < -0.4 is 15.8 Å². The molecular formula is C20H21N7O. The maximum absolute atomic E-state index is 12.8. The molecule has 0 radical (unpaired) electrons. The minimum atomic E-state index is -0.114. The fourth-order valence-electron chi connectivity index (χ4n) is 3.69. The van der Waals surface area contributed by atoms with Crippen molar-refractivity contribution < 1.29 is 0 Å². The smallest absolute Gasteiger partial charge is 0.258 e. The van der Waals surface area contributed by atoms with Crippen molar-refractivity contribution in [2.75, 3.05) is 24.5 Å². The van der Waals surface area contributed by atoms with E-state index in [9.17, 15) is 4.79 Å². The second-order valence-electron chi connectivity index (χ2n) is 7.32. The lowest BCUT2D eigenvalue weighted by Gasteiger charge is -2.33. The average molecular weight is 375 g/mol. The van der Waals surface area contributed by atoms with E-state index in [0.717, 1.165) is 36.5 Å². The number of rotatable bonds is 2. The van der Waals surface area contributed by atoms with Crippen LogP contribution in [0.1, 0.15) is 12.6 Å². The Bertz CT molecular complexity index is 1240. The Labute approximate surface area is 161 Å². The summed E-state index contributed by atoms with van der Waals surface area (Å²) in [6, 6.07) is 7.78. The monoisotopic (exact) mass is 375 g/mol. The zero-order valence-corrected chi connectivity index (χ0v) is 15.8. The van der Waals surface area contributed by atoms with E-state index in [-0.39, 0.29) is 5.56 Å². The Hall–Kier alpha value is -3.26. The Balaban J connectivity index is 1.56. The third kappa shape index (κ3) is 2.91. The largest absolute Gasteiger partial charge is 0.368 e. The first-order valence-electron chi connectivity index (χ1n) is 9.41. The number of hydrogen-bond donors (Lipinski definition) is 1. The summed E-state index contributed by atoms with van der Waals surface area (Å²) in [5, 5.41) is 7.98. The van der Waals surface area contributed by atoms with Gasteiger partial charge < -0.3 is 10.2 Å². The van der Waals surface area contributed by atoms with Gasteiger partial charge in [0.1, 0.15) is 11.3 Å². The first kappa shape index (κ1) is 16.9. The molecule has 142 valence electrons. The summed E-state index contributed by atoms with van der Waals surface area (Å²) in [7, 11) is 0. The third-order valence-electron chi connectivity index (χ3n) is 5.11. The molecule has 8 nitrogen and oxygen atoms in total. The van der Waals surface area contributed by atoms with E-state index in [0.29, 0.717) is 23.1 Å². The molecule has 0 saturated carbocycles. The Morgan fingerprint density at radius 1 is 1.18 bits per heavy atom. The molecule has 8 heteroatoms. The highest BCUT2D eigenvalue weighted by atomic mass is 16.1. The highest BCUT2D eigenvalue weighted by Crippen LogP contribution is 2.20. The molecule has 4 aromatic heterocycles. The molecule has 0 aliphatic carbocycles. The van der Waals surface area contributed by atoms with Gasteiger partial charge in [-0.15, -0.1) is 0 Å². The summed E-state index contributed by atoms with van der Waals surface area (Å²) in [6.45, 7) is 6.86. The first-order chi connectivity index (χ1) is 13.6. The van der Waals surface area contributed by atoms with Gasteiger partial charge >= 0.3 is 0 Å². The van der Waals surface area contributed by atoms with Gasteiger partial charge in [-0.25, -0.2) is 9.50 Å². The van der Waals surface area contributed by atoms with E-state index < -0.39 is 0 Å². The minimum Gasteiger partial charge on any atom is -0.368 e. The second-order valence-corrected chi connectivity index (χ2v) is 7.32. The number of aromatic nitrogens is 5. The van der Waals surface area contributed by atoms with Crippen LogP contribution in [0.2, 0.25) is 0 Å². The van der Waals surface area contributed by atoms with Gasteiger partial charge in [0.05, 0.1) is 35.0 Å². The first-order valence-corrected chi connectivity index (χ1v) is 9.41. The predicted molar refractivity (Wildman–Crippen MR) is 108 cm³/mol. The second kappa shape index (κ2) is 6.42. The molecule has 1 fully saturated rings. The topological polar surface area (TPSA) is 79.8 Å². The van der Waals surface area contributed by atoms with Crippen molar-refractivity contribution in [3.05, 3.63) is 58.9 Å². The molecule has 1 saturated heterocycles. The molecule has 1 N–H and O–H groups in total. The zero-order chi connectivity index (χ0) is 19.3. The Kier molecular flexibility index (Phi) is 3.87. The van der Waals surface area contributed by atoms with Gasteiger partial charge in [-0.1, -0.05) is 0 Å². The number of fused-ring (bicyclic) bond motifs is 2. The average Bonchev–Trinajstić information content (AvgIpc) is 3.11. The molecule has 0 amide bonds.